The molecule has 3 aromatic rings. The molecule has 7 nitrogen and oxygen atoms in total. The molecule has 0 bridgehead atoms. The van der Waals surface area contributed by atoms with E-state index < -0.39 is 5.97 Å². The Morgan fingerprint density at radius 2 is 1.87 bits per heavy atom. The van der Waals surface area contributed by atoms with Crippen molar-refractivity contribution in [1.29, 1.82) is 0 Å². The van der Waals surface area contributed by atoms with Crippen LogP contribution in [0.15, 0.2) is 48.5 Å². The molecular formula is C23H21NO6. The summed E-state index contributed by atoms with van der Waals surface area (Å²) >= 11 is 0. The van der Waals surface area contributed by atoms with Crippen molar-refractivity contribution in [3.63, 3.8) is 0 Å². The van der Waals surface area contributed by atoms with Gasteiger partial charge in [0.1, 0.15) is 5.75 Å². The molecular weight excluding hydrogens is 386 g/mol. The van der Waals surface area contributed by atoms with E-state index in [0.29, 0.717) is 17.9 Å². The van der Waals surface area contributed by atoms with Crippen LogP contribution >= 0.6 is 0 Å². The molecule has 0 unspecified atom stereocenters. The molecule has 1 N–H and O–H groups in total. The van der Waals surface area contributed by atoms with Crippen LogP contribution in [0.4, 0.5) is 0 Å². The Morgan fingerprint density at radius 1 is 1.07 bits per heavy atom. The van der Waals surface area contributed by atoms with Gasteiger partial charge in [-0.15, -0.1) is 0 Å². The number of phenolic OH excluding ortho intramolecular Hbond substituents is 1. The SMILES string of the molecule is Cc1cc(C(=O)COC(=O)c2cccc(O)c2)c(C)n1Cc1ccc2c(c1)OCO2. The van der Waals surface area contributed by atoms with E-state index >= 15 is 0 Å². The van der Waals surface area contributed by atoms with Gasteiger partial charge in [0.2, 0.25) is 12.6 Å². The quantitative estimate of drug-likeness (QED) is 0.496. The number of rotatable bonds is 6. The first-order valence-corrected chi connectivity index (χ1v) is 9.47. The molecule has 154 valence electrons. The number of carbonyl (C=O) groups excluding carboxylic acids is 2. The van der Waals surface area contributed by atoms with Gasteiger partial charge in [-0.05, 0) is 55.8 Å². The molecule has 1 aromatic heterocycles. The minimum atomic E-state index is -0.659. The maximum Gasteiger partial charge on any atom is 0.338 e. The van der Waals surface area contributed by atoms with Crippen molar-refractivity contribution in [2.45, 2.75) is 20.4 Å². The minimum absolute atomic E-state index is 0.0390. The molecule has 0 saturated heterocycles. The fourth-order valence-electron chi connectivity index (χ4n) is 3.47. The third-order valence-corrected chi connectivity index (χ3v) is 5.07. The highest BCUT2D eigenvalue weighted by molar-refractivity contribution is 6.00. The van der Waals surface area contributed by atoms with Crippen molar-refractivity contribution >= 4 is 11.8 Å². The van der Waals surface area contributed by atoms with Gasteiger partial charge < -0.3 is 23.9 Å². The van der Waals surface area contributed by atoms with Crippen molar-refractivity contribution in [2.24, 2.45) is 0 Å². The summed E-state index contributed by atoms with van der Waals surface area (Å²) in [5.74, 6) is 0.457. The molecule has 0 saturated carbocycles. The molecule has 2 heterocycles. The number of benzene rings is 2. The van der Waals surface area contributed by atoms with Crippen LogP contribution in [0.3, 0.4) is 0 Å². The van der Waals surface area contributed by atoms with Crippen molar-refractivity contribution in [3.8, 4) is 17.2 Å². The standard InChI is InChI=1S/C23H21NO6/c1-14-8-19(20(26)12-28-23(27)17-4-3-5-18(25)10-17)15(2)24(14)11-16-6-7-21-22(9-16)30-13-29-21/h3-10,25H,11-13H2,1-2H3. The average molecular weight is 407 g/mol. The zero-order chi connectivity index (χ0) is 21.3. The van der Waals surface area contributed by atoms with Crippen LogP contribution in [0.1, 0.15) is 37.7 Å². The number of aromatic hydroxyl groups is 1. The smallest absolute Gasteiger partial charge is 0.338 e. The van der Waals surface area contributed by atoms with Crippen LogP contribution < -0.4 is 9.47 Å². The lowest BCUT2D eigenvalue weighted by Gasteiger charge is -2.11. The maximum atomic E-state index is 12.7. The number of aromatic nitrogens is 1. The van der Waals surface area contributed by atoms with Crippen LogP contribution in [0.2, 0.25) is 0 Å². The number of esters is 1. The van der Waals surface area contributed by atoms with E-state index in [-0.39, 0.29) is 30.5 Å². The van der Waals surface area contributed by atoms with E-state index in [1.54, 1.807) is 6.07 Å². The van der Waals surface area contributed by atoms with E-state index in [4.69, 9.17) is 14.2 Å². The summed E-state index contributed by atoms with van der Waals surface area (Å²) in [6.07, 6.45) is 0. The van der Waals surface area contributed by atoms with Gasteiger partial charge in [-0.2, -0.15) is 0 Å². The van der Waals surface area contributed by atoms with Crippen LogP contribution in [0, 0.1) is 13.8 Å². The molecule has 2 aromatic carbocycles. The molecule has 0 aliphatic carbocycles. The van der Waals surface area contributed by atoms with E-state index in [1.165, 1.54) is 24.3 Å². The number of hydrogen-bond donors (Lipinski definition) is 1. The van der Waals surface area contributed by atoms with Crippen LogP contribution in [-0.4, -0.2) is 34.8 Å². The summed E-state index contributed by atoms with van der Waals surface area (Å²) in [7, 11) is 0. The maximum absolute atomic E-state index is 12.7. The van der Waals surface area contributed by atoms with Crippen molar-refractivity contribution in [2.75, 3.05) is 13.4 Å². The second-order valence-electron chi connectivity index (χ2n) is 7.11. The fourth-order valence-corrected chi connectivity index (χ4v) is 3.47. The predicted octanol–water partition coefficient (Wildman–Crippen LogP) is 3.63. The highest BCUT2D eigenvalue weighted by Crippen LogP contribution is 2.33. The second kappa shape index (κ2) is 7.94. The van der Waals surface area contributed by atoms with Gasteiger partial charge in [0.05, 0.1) is 5.56 Å². The van der Waals surface area contributed by atoms with Gasteiger partial charge in [0.15, 0.2) is 18.1 Å². The first-order chi connectivity index (χ1) is 14.4. The largest absolute Gasteiger partial charge is 0.508 e. The Bertz CT molecular complexity index is 1130. The number of aryl methyl sites for hydroxylation is 1. The van der Waals surface area contributed by atoms with Gasteiger partial charge in [0.25, 0.3) is 0 Å². The number of phenols is 1. The number of fused-ring (bicyclic) bond motifs is 1. The number of Topliss-reactive ketones (excluding diaryl/α,β-unsaturated/α-hetero) is 1. The molecule has 1 aliphatic heterocycles. The summed E-state index contributed by atoms with van der Waals surface area (Å²) in [5.41, 5.74) is 3.44. The molecule has 1 aliphatic rings. The zero-order valence-corrected chi connectivity index (χ0v) is 16.7. The number of ether oxygens (including phenoxy) is 3. The molecule has 0 radical (unpaired) electrons. The van der Waals surface area contributed by atoms with Gasteiger partial charge >= 0.3 is 5.97 Å². The number of carbonyl (C=O) groups is 2. The molecule has 7 heteroatoms. The Morgan fingerprint density at radius 3 is 2.67 bits per heavy atom. The Balaban J connectivity index is 1.46. The van der Waals surface area contributed by atoms with E-state index in [0.717, 1.165) is 22.7 Å². The lowest BCUT2D eigenvalue weighted by Crippen LogP contribution is -2.15. The van der Waals surface area contributed by atoms with Crippen LogP contribution in [0.5, 0.6) is 17.2 Å². The average Bonchev–Trinajstić information content (AvgIpc) is 3.31. The van der Waals surface area contributed by atoms with Crippen molar-refractivity contribution < 1.29 is 28.9 Å². The van der Waals surface area contributed by atoms with Gasteiger partial charge in [-0.25, -0.2) is 4.79 Å². The number of nitrogens with zero attached hydrogens (tertiary/aromatic N) is 1. The van der Waals surface area contributed by atoms with Crippen molar-refractivity contribution in [3.05, 3.63) is 76.6 Å². The lowest BCUT2D eigenvalue weighted by atomic mass is 10.1. The number of hydrogen-bond acceptors (Lipinski definition) is 6. The number of ketones is 1. The lowest BCUT2D eigenvalue weighted by molar-refractivity contribution is 0.0474. The third kappa shape index (κ3) is 3.87. The summed E-state index contributed by atoms with van der Waals surface area (Å²) in [6, 6.07) is 13.4. The van der Waals surface area contributed by atoms with Crippen LogP contribution in [0.25, 0.3) is 0 Å². The molecule has 0 amide bonds. The highest BCUT2D eigenvalue weighted by atomic mass is 16.7. The van der Waals surface area contributed by atoms with E-state index in [2.05, 4.69) is 0 Å². The summed E-state index contributed by atoms with van der Waals surface area (Å²) in [6.45, 7) is 4.22. The first-order valence-electron chi connectivity index (χ1n) is 9.47. The molecule has 0 atom stereocenters. The summed E-state index contributed by atoms with van der Waals surface area (Å²) in [4.78, 5) is 24.8. The Hall–Kier alpha value is -3.74. The molecule has 4 rings (SSSR count). The normalized spacial score (nSPS) is 12.1. The topological polar surface area (TPSA) is 87.0 Å². The fraction of sp³-hybridized carbons (Fsp3) is 0.217. The monoisotopic (exact) mass is 407 g/mol. The minimum Gasteiger partial charge on any atom is -0.508 e. The summed E-state index contributed by atoms with van der Waals surface area (Å²) in [5, 5.41) is 9.47. The van der Waals surface area contributed by atoms with Gasteiger partial charge in [0, 0.05) is 23.5 Å². The third-order valence-electron chi connectivity index (χ3n) is 5.07. The highest BCUT2D eigenvalue weighted by Gasteiger charge is 2.19. The Labute approximate surface area is 173 Å². The van der Waals surface area contributed by atoms with E-state index in [1.807, 2.05) is 36.6 Å². The van der Waals surface area contributed by atoms with Crippen LogP contribution in [-0.2, 0) is 11.3 Å². The van der Waals surface area contributed by atoms with Gasteiger partial charge in [-0.3, -0.25) is 4.79 Å². The van der Waals surface area contributed by atoms with Gasteiger partial charge in [-0.1, -0.05) is 12.1 Å². The van der Waals surface area contributed by atoms with E-state index in [9.17, 15) is 14.7 Å². The second-order valence-corrected chi connectivity index (χ2v) is 7.11. The predicted molar refractivity (Wildman–Crippen MR) is 108 cm³/mol. The summed E-state index contributed by atoms with van der Waals surface area (Å²) < 4.78 is 17.9. The Kier molecular flexibility index (Phi) is 5.18. The molecule has 0 spiro atoms. The van der Waals surface area contributed by atoms with Crippen molar-refractivity contribution in [1.82, 2.24) is 4.57 Å². The molecule has 30 heavy (non-hydrogen) atoms. The zero-order valence-electron chi connectivity index (χ0n) is 16.7. The molecule has 0 fully saturated rings. The first kappa shape index (κ1) is 19.6.